The molecule has 9 heteroatoms. The van der Waals surface area contributed by atoms with E-state index in [0.29, 0.717) is 28.2 Å². The molecule has 3 rings (SSSR count). The topological polar surface area (TPSA) is 61.5 Å². The first kappa shape index (κ1) is 18.9. The predicted molar refractivity (Wildman–Crippen MR) is 110 cm³/mol. The smallest absolute Gasteiger partial charge is 0.174 e. The van der Waals surface area contributed by atoms with Gasteiger partial charge in [-0.05, 0) is 52.4 Å². The van der Waals surface area contributed by atoms with E-state index in [0.717, 1.165) is 14.7 Å². The molecule has 0 saturated carbocycles. The van der Waals surface area contributed by atoms with Crippen LogP contribution in [0.4, 0.5) is 0 Å². The first-order valence-electron chi connectivity index (χ1n) is 7.40. The summed E-state index contributed by atoms with van der Waals surface area (Å²) in [6.07, 6.45) is 4.70. The Morgan fingerprint density at radius 3 is 2.65 bits per heavy atom. The number of nitrogens with zero attached hydrogens (tertiary/aromatic N) is 4. The molecule has 1 heterocycles. The van der Waals surface area contributed by atoms with Crippen LogP contribution in [-0.4, -0.2) is 28.2 Å². The molecule has 0 radical (unpaired) electrons. The van der Waals surface area contributed by atoms with Crippen molar-refractivity contribution in [3.05, 3.63) is 67.7 Å². The summed E-state index contributed by atoms with van der Waals surface area (Å²) in [4.78, 5) is 0. The second kappa shape index (κ2) is 8.70. The van der Waals surface area contributed by atoms with Crippen LogP contribution in [0, 0.1) is 3.57 Å². The number of hydrogen-bond donors (Lipinski definition) is 0. The van der Waals surface area contributed by atoms with Crippen LogP contribution in [-0.2, 0) is 6.61 Å². The molecule has 0 amide bonds. The van der Waals surface area contributed by atoms with Crippen LogP contribution >= 0.6 is 45.8 Å². The van der Waals surface area contributed by atoms with E-state index in [4.69, 9.17) is 32.7 Å². The van der Waals surface area contributed by atoms with Crippen LogP contribution < -0.4 is 9.47 Å². The van der Waals surface area contributed by atoms with Gasteiger partial charge in [-0.3, -0.25) is 0 Å². The molecule has 0 unspecified atom stereocenters. The van der Waals surface area contributed by atoms with Gasteiger partial charge in [0.15, 0.2) is 11.5 Å². The lowest BCUT2D eigenvalue weighted by Gasteiger charge is -2.14. The maximum Gasteiger partial charge on any atom is 0.174 e. The minimum absolute atomic E-state index is 0.302. The van der Waals surface area contributed by atoms with Crippen molar-refractivity contribution in [2.75, 3.05) is 7.11 Å². The second-order valence-corrected chi connectivity index (χ2v) is 7.15. The molecule has 0 aliphatic heterocycles. The molecule has 1 aromatic heterocycles. The summed E-state index contributed by atoms with van der Waals surface area (Å²) in [5.41, 5.74) is 1.70. The van der Waals surface area contributed by atoms with Crippen LogP contribution in [0.15, 0.2) is 48.1 Å². The summed E-state index contributed by atoms with van der Waals surface area (Å²) in [6.45, 7) is 0.302. The minimum atomic E-state index is 0.302. The summed E-state index contributed by atoms with van der Waals surface area (Å²) in [5, 5.41) is 12.8. The Labute approximate surface area is 173 Å². The zero-order valence-electron chi connectivity index (χ0n) is 13.6. The van der Waals surface area contributed by atoms with Crippen molar-refractivity contribution in [2.24, 2.45) is 5.10 Å². The Hall–Kier alpha value is -1.84. The minimum Gasteiger partial charge on any atom is -0.493 e. The molecule has 0 spiro atoms. The van der Waals surface area contributed by atoms with Crippen LogP contribution in [0.3, 0.4) is 0 Å². The lowest BCUT2D eigenvalue weighted by molar-refractivity contribution is 0.282. The Kier molecular flexibility index (Phi) is 6.33. The van der Waals surface area contributed by atoms with Crippen molar-refractivity contribution >= 4 is 52.0 Å². The Morgan fingerprint density at radius 1 is 1.19 bits per heavy atom. The van der Waals surface area contributed by atoms with E-state index in [1.807, 2.05) is 18.2 Å². The summed E-state index contributed by atoms with van der Waals surface area (Å²) in [6, 6.07) is 9.09. The van der Waals surface area contributed by atoms with E-state index < -0.39 is 0 Å². The fourth-order valence-corrected chi connectivity index (χ4v) is 3.38. The van der Waals surface area contributed by atoms with E-state index in [1.165, 1.54) is 17.3 Å². The first-order chi connectivity index (χ1) is 12.6. The quantitative estimate of drug-likeness (QED) is 0.363. The molecular formula is C17H13Cl2IN4O2. The highest BCUT2D eigenvalue weighted by molar-refractivity contribution is 14.1. The number of halogens is 3. The van der Waals surface area contributed by atoms with E-state index in [2.05, 4.69) is 37.9 Å². The third-order valence-corrected chi connectivity index (χ3v) is 4.77. The van der Waals surface area contributed by atoms with E-state index in [9.17, 15) is 0 Å². The first-order valence-corrected chi connectivity index (χ1v) is 9.23. The monoisotopic (exact) mass is 502 g/mol. The maximum atomic E-state index is 6.20. The average Bonchev–Trinajstić information content (AvgIpc) is 3.13. The van der Waals surface area contributed by atoms with Crippen LogP contribution in [0.1, 0.15) is 11.1 Å². The second-order valence-electron chi connectivity index (χ2n) is 5.14. The predicted octanol–water partition coefficient (Wildman–Crippen LogP) is 4.66. The van der Waals surface area contributed by atoms with Gasteiger partial charge in [-0.1, -0.05) is 29.3 Å². The van der Waals surface area contributed by atoms with Gasteiger partial charge in [-0.15, -0.1) is 10.2 Å². The van der Waals surface area contributed by atoms with E-state index in [-0.39, 0.29) is 0 Å². The van der Waals surface area contributed by atoms with Gasteiger partial charge in [0, 0.05) is 15.6 Å². The largest absolute Gasteiger partial charge is 0.493 e. The number of ether oxygens (including phenoxy) is 2. The molecule has 0 N–H and O–H groups in total. The van der Waals surface area contributed by atoms with Crippen molar-refractivity contribution in [2.45, 2.75) is 6.61 Å². The third kappa shape index (κ3) is 4.66. The van der Waals surface area contributed by atoms with Crippen molar-refractivity contribution in [1.82, 2.24) is 14.9 Å². The van der Waals surface area contributed by atoms with Gasteiger partial charge in [-0.25, -0.2) is 4.68 Å². The van der Waals surface area contributed by atoms with Crippen molar-refractivity contribution in [3.8, 4) is 11.5 Å². The molecule has 0 aliphatic rings. The zero-order valence-corrected chi connectivity index (χ0v) is 17.2. The molecule has 0 fully saturated rings. The van der Waals surface area contributed by atoms with E-state index >= 15 is 0 Å². The number of benzene rings is 2. The summed E-state index contributed by atoms with van der Waals surface area (Å²) < 4.78 is 13.8. The molecule has 0 saturated heterocycles. The van der Waals surface area contributed by atoms with Gasteiger partial charge in [0.05, 0.1) is 16.9 Å². The number of rotatable bonds is 6. The molecule has 2 aromatic carbocycles. The zero-order chi connectivity index (χ0) is 18.5. The lowest BCUT2D eigenvalue weighted by atomic mass is 10.2. The number of aromatic nitrogens is 3. The highest BCUT2D eigenvalue weighted by Gasteiger charge is 2.12. The standard InChI is InChI=1S/C17H13Cl2IN4O2/c1-25-16-5-11(7-23-24-9-21-22-10-24)4-15(20)17(16)26-8-12-2-3-13(18)6-14(12)19/h2-7,9-10H,8H2,1H3. The van der Waals surface area contributed by atoms with E-state index in [1.54, 1.807) is 25.5 Å². The summed E-state index contributed by atoms with van der Waals surface area (Å²) in [5.74, 6) is 1.24. The molecule has 6 nitrogen and oxygen atoms in total. The van der Waals surface area contributed by atoms with Crippen molar-refractivity contribution in [1.29, 1.82) is 0 Å². The van der Waals surface area contributed by atoms with Crippen molar-refractivity contribution in [3.63, 3.8) is 0 Å². The molecule has 0 aliphatic carbocycles. The van der Waals surface area contributed by atoms with Crippen LogP contribution in [0.2, 0.25) is 10.0 Å². The molecule has 0 bridgehead atoms. The lowest BCUT2D eigenvalue weighted by Crippen LogP contribution is -2.01. The van der Waals surface area contributed by atoms with Gasteiger partial charge in [0.25, 0.3) is 0 Å². The fourth-order valence-electron chi connectivity index (χ4n) is 2.13. The van der Waals surface area contributed by atoms with Gasteiger partial charge in [0.1, 0.15) is 19.3 Å². The highest BCUT2D eigenvalue weighted by Crippen LogP contribution is 2.34. The Morgan fingerprint density at radius 2 is 1.96 bits per heavy atom. The third-order valence-electron chi connectivity index (χ3n) is 3.39. The Bertz CT molecular complexity index is 933. The number of hydrogen-bond acceptors (Lipinski definition) is 5. The number of methoxy groups -OCH3 is 1. The fraction of sp³-hybridized carbons (Fsp3) is 0.118. The SMILES string of the molecule is COc1cc(C=Nn2cnnc2)cc(I)c1OCc1ccc(Cl)cc1Cl. The Balaban J connectivity index is 1.80. The van der Waals surface area contributed by atoms with Gasteiger partial charge >= 0.3 is 0 Å². The molecule has 26 heavy (non-hydrogen) atoms. The maximum absolute atomic E-state index is 6.20. The van der Waals surface area contributed by atoms with Crippen LogP contribution in [0.25, 0.3) is 0 Å². The summed E-state index contributed by atoms with van der Waals surface area (Å²) in [7, 11) is 1.59. The van der Waals surface area contributed by atoms with Gasteiger partial charge in [0.2, 0.25) is 0 Å². The molecule has 3 aromatic rings. The van der Waals surface area contributed by atoms with Gasteiger partial charge < -0.3 is 9.47 Å². The summed E-state index contributed by atoms with van der Waals surface area (Å²) >= 11 is 14.3. The normalized spacial score (nSPS) is 11.1. The van der Waals surface area contributed by atoms with Crippen molar-refractivity contribution < 1.29 is 9.47 Å². The van der Waals surface area contributed by atoms with Gasteiger partial charge in [-0.2, -0.15) is 5.10 Å². The average molecular weight is 503 g/mol. The molecule has 0 atom stereocenters. The highest BCUT2D eigenvalue weighted by atomic mass is 127. The molecule has 134 valence electrons. The molecular weight excluding hydrogens is 490 g/mol. The van der Waals surface area contributed by atoms with Crippen LogP contribution in [0.5, 0.6) is 11.5 Å².